The first-order chi connectivity index (χ1) is 17.7. The van der Waals surface area contributed by atoms with Crippen LogP contribution in [0.4, 0.5) is 0 Å². The third kappa shape index (κ3) is 2.86. The maximum Gasteiger partial charge on any atom is 0.303 e. The number of aldehydes is 1. The van der Waals surface area contributed by atoms with Gasteiger partial charge in [-0.25, -0.2) is 0 Å². The Morgan fingerprint density at radius 3 is 2.37 bits per heavy atom. The number of esters is 1. The van der Waals surface area contributed by atoms with Crippen LogP contribution in [-0.4, -0.2) is 47.1 Å². The van der Waals surface area contributed by atoms with E-state index in [0.717, 1.165) is 38.4 Å². The van der Waals surface area contributed by atoms with Crippen molar-refractivity contribution in [3.05, 3.63) is 11.6 Å². The summed E-state index contributed by atoms with van der Waals surface area (Å²) in [7, 11) is 0. The number of ether oxygens (including phenoxy) is 2. The van der Waals surface area contributed by atoms with E-state index < -0.39 is 29.4 Å². The number of allylic oxidation sites excluding steroid dienone is 2. The van der Waals surface area contributed by atoms with Gasteiger partial charge in [0.15, 0.2) is 5.79 Å². The first kappa shape index (κ1) is 27.0. The highest BCUT2D eigenvalue weighted by Gasteiger charge is 2.75. The van der Waals surface area contributed by atoms with Crippen molar-refractivity contribution in [2.45, 2.75) is 111 Å². The summed E-state index contributed by atoms with van der Waals surface area (Å²) in [5.74, 6) is -0.591. The van der Waals surface area contributed by atoms with E-state index in [1.54, 1.807) is 0 Å². The normalized spacial score (nSPS) is 56.4. The summed E-state index contributed by atoms with van der Waals surface area (Å²) in [5, 5.41) is 23.1. The van der Waals surface area contributed by atoms with Crippen LogP contribution in [0.5, 0.6) is 0 Å². The molecule has 12 unspecified atom stereocenters. The quantitative estimate of drug-likeness (QED) is 0.296. The molecule has 2 N–H and O–H groups in total. The smallest absolute Gasteiger partial charge is 0.303 e. The van der Waals surface area contributed by atoms with Crippen molar-refractivity contribution in [1.29, 1.82) is 0 Å². The lowest BCUT2D eigenvalue weighted by molar-refractivity contribution is -0.395. The summed E-state index contributed by atoms with van der Waals surface area (Å²) >= 11 is 0. The van der Waals surface area contributed by atoms with Gasteiger partial charge in [0.25, 0.3) is 0 Å². The van der Waals surface area contributed by atoms with Gasteiger partial charge in [0.1, 0.15) is 18.5 Å². The van der Waals surface area contributed by atoms with Crippen LogP contribution in [0.2, 0.25) is 0 Å². The monoisotopic (exact) mass is 528 g/mol. The molecule has 0 aromatic heterocycles. The first-order valence-corrected chi connectivity index (χ1v) is 15.0. The SMILES string of the molecule is CC(=O)OC1C(C)C(C)C2C3=CCC4C56CCC(O)(OC5)C(C)(C)C6CCC4(C)C3(C)CCC2(C=O)C1O. The van der Waals surface area contributed by atoms with Crippen molar-refractivity contribution in [2.75, 3.05) is 6.61 Å². The van der Waals surface area contributed by atoms with E-state index in [4.69, 9.17) is 9.47 Å². The molecule has 0 aromatic carbocycles. The lowest BCUT2D eigenvalue weighted by Crippen LogP contribution is -2.73. The molecule has 5 aliphatic carbocycles. The Labute approximate surface area is 227 Å². The molecular formula is C32H48O6. The molecule has 1 spiro atoms. The van der Waals surface area contributed by atoms with Crippen molar-refractivity contribution in [3.8, 4) is 0 Å². The minimum absolute atomic E-state index is 0.0372. The molecule has 0 radical (unpaired) electrons. The van der Waals surface area contributed by atoms with Gasteiger partial charge < -0.3 is 24.5 Å². The first-order valence-electron chi connectivity index (χ1n) is 15.0. The van der Waals surface area contributed by atoms with Crippen LogP contribution in [0.25, 0.3) is 0 Å². The third-order valence-corrected chi connectivity index (χ3v) is 14.2. The van der Waals surface area contributed by atoms with Gasteiger partial charge in [-0.05, 0) is 78.9 Å². The van der Waals surface area contributed by atoms with Crippen LogP contribution in [0, 0.1) is 56.7 Å². The van der Waals surface area contributed by atoms with E-state index in [0.29, 0.717) is 31.3 Å². The number of fused-ring (bicyclic) bond motifs is 7. The summed E-state index contributed by atoms with van der Waals surface area (Å²) in [6, 6.07) is 0. The van der Waals surface area contributed by atoms with Crippen molar-refractivity contribution in [1.82, 2.24) is 0 Å². The summed E-state index contributed by atoms with van der Waals surface area (Å²) in [4.78, 5) is 24.9. The van der Waals surface area contributed by atoms with Crippen LogP contribution >= 0.6 is 0 Å². The second-order valence-electron chi connectivity index (χ2n) is 15.3. The highest BCUT2D eigenvalue weighted by atomic mass is 16.6. The molecule has 2 bridgehead atoms. The summed E-state index contributed by atoms with van der Waals surface area (Å²) < 4.78 is 12.0. The maximum atomic E-state index is 13.0. The Morgan fingerprint density at radius 2 is 1.76 bits per heavy atom. The predicted octanol–water partition coefficient (Wildman–Crippen LogP) is 5.05. The molecule has 6 nitrogen and oxygen atoms in total. The van der Waals surface area contributed by atoms with Crippen LogP contribution in [-0.2, 0) is 19.1 Å². The van der Waals surface area contributed by atoms with Gasteiger partial charge in [-0.15, -0.1) is 0 Å². The Hall–Kier alpha value is -1.24. The highest BCUT2D eigenvalue weighted by molar-refractivity contribution is 5.68. The minimum Gasteiger partial charge on any atom is -0.459 e. The molecule has 212 valence electrons. The molecule has 2 aliphatic heterocycles. The van der Waals surface area contributed by atoms with Crippen LogP contribution < -0.4 is 0 Å². The molecule has 0 amide bonds. The average Bonchev–Trinajstić information content (AvgIpc) is 2.86. The van der Waals surface area contributed by atoms with Crippen molar-refractivity contribution < 1.29 is 29.3 Å². The molecular weight excluding hydrogens is 480 g/mol. The average molecular weight is 529 g/mol. The zero-order chi connectivity index (χ0) is 27.7. The minimum atomic E-state index is -1.02. The van der Waals surface area contributed by atoms with Gasteiger partial charge in [0.05, 0.1) is 12.0 Å². The molecule has 6 heteroatoms. The van der Waals surface area contributed by atoms with Gasteiger partial charge in [-0.2, -0.15) is 0 Å². The van der Waals surface area contributed by atoms with Crippen LogP contribution in [0.3, 0.4) is 0 Å². The zero-order valence-corrected chi connectivity index (χ0v) is 24.4. The molecule has 2 heterocycles. The van der Waals surface area contributed by atoms with Crippen molar-refractivity contribution >= 4 is 12.3 Å². The van der Waals surface area contributed by atoms with E-state index in [1.807, 2.05) is 0 Å². The number of hydrogen-bond acceptors (Lipinski definition) is 6. The molecule has 7 aliphatic rings. The Morgan fingerprint density at radius 1 is 1.05 bits per heavy atom. The van der Waals surface area contributed by atoms with Gasteiger partial charge in [-0.1, -0.05) is 53.2 Å². The number of aliphatic hydroxyl groups excluding tert-OH is 1. The second-order valence-corrected chi connectivity index (χ2v) is 15.3. The summed E-state index contributed by atoms with van der Waals surface area (Å²) in [6.45, 7) is 15.6. The summed E-state index contributed by atoms with van der Waals surface area (Å²) in [6.07, 6.45) is 8.06. The van der Waals surface area contributed by atoms with Crippen LogP contribution in [0.1, 0.15) is 93.4 Å². The van der Waals surface area contributed by atoms with E-state index in [-0.39, 0.29) is 39.4 Å². The Balaban J connectivity index is 1.44. The van der Waals surface area contributed by atoms with E-state index in [9.17, 15) is 19.8 Å². The standard InChI is InChI=1S/C32H48O6/c1-18-19(2)25(38-20(3)34)26(35)30(16-33)13-12-28(6)21(24(18)30)8-9-23-29(28,7)11-10-22-27(4,5)32(36)15-14-31(22,23)17-37-32/h8,16,18-19,22-26,35-36H,9-15,17H2,1-7H3. The van der Waals surface area contributed by atoms with Crippen molar-refractivity contribution in [3.63, 3.8) is 0 Å². The number of aliphatic hydroxyl groups is 2. The molecule has 0 aromatic rings. The van der Waals surface area contributed by atoms with Gasteiger partial charge in [0.2, 0.25) is 0 Å². The number of hydrogen-bond donors (Lipinski definition) is 2. The highest BCUT2D eigenvalue weighted by Crippen LogP contribution is 2.77. The summed E-state index contributed by atoms with van der Waals surface area (Å²) in [5.41, 5.74) is 0.134. The van der Waals surface area contributed by atoms with Crippen LogP contribution in [0.15, 0.2) is 11.6 Å². The van der Waals surface area contributed by atoms with Gasteiger partial charge >= 0.3 is 5.97 Å². The zero-order valence-electron chi connectivity index (χ0n) is 24.4. The lowest BCUT2D eigenvalue weighted by Gasteiger charge is -2.75. The lowest BCUT2D eigenvalue weighted by atomic mass is 9.32. The van der Waals surface area contributed by atoms with E-state index in [1.165, 1.54) is 12.5 Å². The number of carbonyl (C=O) groups is 2. The fourth-order valence-corrected chi connectivity index (χ4v) is 11.6. The number of rotatable bonds is 2. The molecule has 4 saturated carbocycles. The topological polar surface area (TPSA) is 93.1 Å². The predicted molar refractivity (Wildman–Crippen MR) is 143 cm³/mol. The maximum absolute atomic E-state index is 13.0. The second kappa shape index (κ2) is 7.94. The van der Waals surface area contributed by atoms with Crippen molar-refractivity contribution in [2.24, 2.45) is 56.7 Å². The fraction of sp³-hybridized carbons (Fsp3) is 0.875. The molecule has 7 rings (SSSR count). The Bertz CT molecular complexity index is 1070. The molecule has 2 saturated heterocycles. The fourth-order valence-electron chi connectivity index (χ4n) is 11.6. The van der Waals surface area contributed by atoms with Gasteiger partial charge in [-0.3, -0.25) is 4.79 Å². The largest absolute Gasteiger partial charge is 0.459 e. The number of carbonyl (C=O) groups excluding carboxylic acids is 2. The van der Waals surface area contributed by atoms with E-state index >= 15 is 0 Å². The molecule has 38 heavy (non-hydrogen) atoms. The van der Waals surface area contributed by atoms with Gasteiger partial charge in [0, 0.05) is 24.2 Å². The molecule has 12 atom stereocenters. The molecule has 6 fully saturated rings. The third-order valence-electron chi connectivity index (χ3n) is 14.2. The Kier molecular flexibility index (Phi) is 5.63. The van der Waals surface area contributed by atoms with E-state index in [2.05, 4.69) is 47.6 Å².